The lowest BCUT2D eigenvalue weighted by Crippen LogP contribution is -2.44. The summed E-state index contributed by atoms with van der Waals surface area (Å²) in [4.78, 5) is 14.0. The highest BCUT2D eigenvalue weighted by molar-refractivity contribution is 5.82. The molecule has 1 amide bonds. The predicted molar refractivity (Wildman–Crippen MR) is 66.8 cm³/mol. The van der Waals surface area contributed by atoms with Crippen molar-refractivity contribution in [3.8, 4) is 0 Å². The molecule has 1 N–H and O–H groups in total. The Hall–Kier alpha value is -0.610. The molecular formula is C13H24N2O2. The van der Waals surface area contributed by atoms with Gasteiger partial charge in [0.1, 0.15) is 0 Å². The van der Waals surface area contributed by atoms with Crippen LogP contribution in [0.15, 0.2) is 0 Å². The summed E-state index contributed by atoms with van der Waals surface area (Å²) in [7, 11) is 3.53. The number of amides is 1. The molecule has 17 heavy (non-hydrogen) atoms. The number of nitrogens with zero attached hydrogens (tertiary/aromatic N) is 1. The zero-order valence-electron chi connectivity index (χ0n) is 10.9. The molecule has 1 aliphatic heterocycles. The van der Waals surface area contributed by atoms with Gasteiger partial charge in [0, 0.05) is 26.7 Å². The highest BCUT2D eigenvalue weighted by atomic mass is 16.5. The Kier molecular flexibility index (Phi) is 4.40. The maximum atomic E-state index is 12.2. The SMILES string of the molecule is COCCN(C)C(=O)C1CC2CCCCC2N1. The quantitative estimate of drug-likeness (QED) is 0.797. The maximum Gasteiger partial charge on any atom is 0.239 e. The summed E-state index contributed by atoms with van der Waals surface area (Å²) >= 11 is 0. The molecule has 0 spiro atoms. The monoisotopic (exact) mass is 240 g/mol. The van der Waals surface area contributed by atoms with Crippen LogP contribution in [0.25, 0.3) is 0 Å². The van der Waals surface area contributed by atoms with Crippen LogP contribution in [0.2, 0.25) is 0 Å². The summed E-state index contributed by atoms with van der Waals surface area (Å²) in [5.74, 6) is 0.963. The molecule has 0 aromatic heterocycles. The van der Waals surface area contributed by atoms with Crippen molar-refractivity contribution in [1.29, 1.82) is 0 Å². The first kappa shape index (κ1) is 12.8. The number of carbonyl (C=O) groups excluding carboxylic acids is 1. The fourth-order valence-corrected chi connectivity index (χ4v) is 3.11. The number of nitrogens with one attached hydrogen (secondary N) is 1. The molecule has 3 unspecified atom stereocenters. The van der Waals surface area contributed by atoms with Crippen molar-refractivity contribution >= 4 is 5.91 Å². The first-order valence-corrected chi connectivity index (χ1v) is 6.72. The summed E-state index contributed by atoms with van der Waals surface area (Å²) in [5, 5.41) is 3.52. The molecule has 4 heteroatoms. The molecule has 1 aliphatic carbocycles. The van der Waals surface area contributed by atoms with Crippen LogP contribution in [0, 0.1) is 5.92 Å². The van der Waals surface area contributed by atoms with Gasteiger partial charge in [0.15, 0.2) is 0 Å². The van der Waals surface area contributed by atoms with Crippen molar-refractivity contribution in [3.05, 3.63) is 0 Å². The van der Waals surface area contributed by atoms with Crippen molar-refractivity contribution < 1.29 is 9.53 Å². The molecule has 4 nitrogen and oxygen atoms in total. The van der Waals surface area contributed by atoms with Crippen molar-refractivity contribution in [1.82, 2.24) is 10.2 Å². The summed E-state index contributed by atoms with van der Waals surface area (Å²) in [6.45, 7) is 1.30. The second kappa shape index (κ2) is 5.83. The van der Waals surface area contributed by atoms with Crippen LogP contribution in [-0.2, 0) is 9.53 Å². The molecule has 1 saturated carbocycles. The van der Waals surface area contributed by atoms with E-state index in [2.05, 4.69) is 5.32 Å². The molecule has 0 radical (unpaired) electrons. The Bertz CT molecular complexity index is 256. The minimum absolute atomic E-state index is 0.0463. The average molecular weight is 240 g/mol. The number of hydrogen-bond donors (Lipinski definition) is 1. The zero-order chi connectivity index (χ0) is 12.3. The lowest BCUT2D eigenvalue weighted by molar-refractivity contribution is -0.132. The van der Waals surface area contributed by atoms with E-state index in [9.17, 15) is 4.79 Å². The lowest BCUT2D eigenvalue weighted by atomic mass is 9.85. The first-order chi connectivity index (χ1) is 8.22. The Balaban J connectivity index is 1.84. The van der Waals surface area contributed by atoms with E-state index < -0.39 is 0 Å². The van der Waals surface area contributed by atoms with Crippen LogP contribution < -0.4 is 5.32 Å². The third-order valence-electron chi connectivity index (χ3n) is 4.17. The number of methoxy groups -OCH3 is 1. The highest BCUT2D eigenvalue weighted by Crippen LogP contribution is 2.33. The molecule has 2 aliphatic rings. The fourth-order valence-electron chi connectivity index (χ4n) is 3.11. The number of ether oxygens (including phenoxy) is 1. The van der Waals surface area contributed by atoms with Crippen LogP contribution in [0.5, 0.6) is 0 Å². The van der Waals surface area contributed by atoms with Gasteiger partial charge in [-0.2, -0.15) is 0 Å². The Morgan fingerprint density at radius 1 is 1.41 bits per heavy atom. The minimum atomic E-state index is 0.0463. The van der Waals surface area contributed by atoms with E-state index in [1.165, 1.54) is 25.7 Å². The van der Waals surface area contributed by atoms with E-state index in [1.807, 2.05) is 7.05 Å². The molecule has 3 atom stereocenters. The van der Waals surface area contributed by atoms with Crippen LogP contribution in [0.3, 0.4) is 0 Å². The third-order valence-corrected chi connectivity index (χ3v) is 4.17. The van der Waals surface area contributed by atoms with Crippen LogP contribution >= 0.6 is 0 Å². The second-order valence-electron chi connectivity index (χ2n) is 5.36. The number of fused-ring (bicyclic) bond motifs is 1. The van der Waals surface area contributed by atoms with E-state index in [1.54, 1.807) is 12.0 Å². The standard InChI is InChI=1S/C13H24N2O2/c1-15(7-8-17-2)13(16)12-9-10-5-3-4-6-11(10)14-12/h10-12,14H,3-9H2,1-2H3. The molecule has 0 bridgehead atoms. The zero-order valence-corrected chi connectivity index (χ0v) is 10.9. The van der Waals surface area contributed by atoms with E-state index >= 15 is 0 Å². The van der Waals surface area contributed by atoms with Gasteiger partial charge in [-0.1, -0.05) is 12.8 Å². The maximum absolute atomic E-state index is 12.2. The summed E-state index contributed by atoms with van der Waals surface area (Å²) in [6, 6.07) is 0.637. The number of carbonyl (C=O) groups is 1. The molecular weight excluding hydrogens is 216 g/mol. The summed E-state index contributed by atoms with van der Waals surface area (Å²) < 4.78 is 5.01. The van der Waals surface area contributed by atoms with Crippen molar-refractivity contribution in [2.75, 3.05) is 27.3 Å². The molecule has 1 heterocycles. The molecule has 1 saturated heterocycles. The normalized spacial score (nSPS) is 32.2. The van der Waals surface area contributed by atoms with Crippen LogP contribution in [-0.4, -0.2) is 50.2 Å². The largest absolute Gasteiger partial charge is 0.383 e. The average Bonchev–Trinajstić information content (AvgIpc) is 2.78. The van der Waals surface area contributed by atoms with Crippen LogP contribution in [0.4, 0.5) is 0 Å². The molecule has 0 aromatic carbocycles. The van der Waals surface area contributed by atoms with Gasteiger partial charge in [-0.15, -0.1) is 0 Å². The van der Waals surface area contributed by atoms with E-state index in [-0.39, 0.29) is 11.9 Å². The van der Waals surface area contributed by atoms with E-state index in [0.717, 1.165) is 12.3 Å². The smallest absolute Gasteiger partial charge is 0.239 e. The van der Waals surface area contributed by atoms with Crippen LogP contribution in [0.1, 0.15) is 32.1 Å². The Morgan fingerprint density at radius 2 is 2.18 bits per heavy atom. The van der Waals surface area contributed by atoms with Crippen molar-refractivity contribution in [2.24, 2.45) is 5.92 Å². The summed E-state index contributed by atoms with van der Waals surface area (Å²) in [5.41, 5.74) is 0. The minimum Gasteiger partial charge on any atom is -0.383 e. The third kappa shape index (κ3) is 2.99. The van der Waals surface area contributed by atoms with E-state index in [0.29, 0.717) is 19.2 Å². The molecule has 0 aromatic rings. The Labute approximate surface area is 104 Å². The number of likely N-dealkylation sites (N-methyl/N-ethyl adjacent to an activating group) is 1. The van der Waals surface area contributed by atoms with Gasteiger partial charge in [-0.25, -0.2) is 0 Å². The van der Waals surface area contributed by atoms with Gasteiger partial charge < -0.3 is 15.0 Å². The fraction of sp³-hybridized carbons (Fsp3) is 0.923. The molecule has 2 rings (SSSR count). The molecule has 2 fully saturated rings. The predicted octanol–water partition coefficient (Wildman–Crippen LogP) is 1.01. The van der Waals surface area contributed by atoms with Gasteiger partial charge >= 0.3 is 0 Å². The Morgan fingerprint density at radius 3 is 2.88 bits per heavy atom. The van der Waals surface area contributed by atoms with Crippen molar-refractivity contribution in [3.63, 3.8) is 0 Å². The van der Waals surface area contributed by atoms with Gasteiger partial charge in [0.05, 0.1) is 12.6 Å². The van der Waals surface area contributed by atoms with Crippen molar-refractivity contribution in [2.45, 2.75) is 44.2 Å². The number of rotatable bonds is 4. The first-order valence-electron chi connectivity index (χ1n) is 6.72. The van der Waals surface area contributed by atoms with E-state index in [4.69, 9.17) is 4.74 Å². The van der Waals surface area contributed by atoms with Gasteiger partial charge in [-0.3, -0.25) is 4.79 Å². The lowest BCUT2D eigenvalue weighted by Gasteiger charge is -2.24. The molecule has 98 valence electrons. The van der Waals surface area contributed by atoms with Gasteiger partial charge in [0.2, 0.25) is 5.91 Å². The second-order valence-corrected chi connectivity index (χ2v) is 5.36. The highest BCUT2D eigenvalue weighted by Gasteiger charge is 2.38. The van der Waals surface area contributed by atoms with Gasteiger partial charge in [0.25, 0.3) is 0 Å². The topological polar surface area (TPSA) is 41.6 Å². The summed E-state index contributed by atoms with van der Waals surface area (Å²) in [6.07, 6.45) is 6.22. The number of hydrogen-bond acceptors (Lipinski definition) is 3. The van der Waals surface area contributed by atoms with Gasteiger partial charge in [-0.05, 0) is 25.2 Å².